The van der Waals surface area contributed by atoms with Crippen molar-refractivity contribution in [3.63, 3.8) is 0 Å². The van der Waals surface area contributed by atoms with Crippen molar-refractivity contribution in [2.45, 2.75) is 38.1 Å². The Balaban J connectivity index is 2.04. The number of anilines is 1. The van der Waals surface area contributed by atoms with Crippen LogP contribution in [0.25, 0.3) is 0 Å². The van der Waals surface area contributed by atoms with Gasteiger partial charge in [-0.1, -0.05) is 18.5 Å². The number of carbonyl (C=O) groups excluding carboxylic acids is 1. The molecule has 2 N–H and O–H groups in total. The molecule has 0 aliphatic rings. The van der Waals surface area contributed by atoms with Crippen molar-refractivity contribution in [1.29, 1.82) is 0 Å². The van der Waals surface area contributed by atoms with Gasteiger partial charge in [0.05, 0.1) is 16.5 Å². The Morgan fingerprint density at radius 2 is 1.79 bits per heavy atom. The maximum Gasteiger partial charge on any atom is 0.261 e. The molecule has 0 unspecified atom stereocenters. The minimum atomic E-state index is -3.84. The molecule has 2 aromatic carbocycles. The third kappa shape index (κ3) is 6.83. The van der Waals surface area contributed by atoms with Crippen LogP contribution in [0.3, 0.4) is 0 Å². The third-order valence-electron chi connectivity index (χ3n) is 4.01. The van der Waals surface area contributed by atoms with Crippen LogP contribution >= 0.6 is 11.6 Å². The van der Waals surface area contributed by atoms with Crippen LogP contribution in [0.2, 0.25) is 5.02 Å². The summed E-state index contributed by atoms with van der Waals surface area (Å²) < 4.78 is 38.4. The Bertz CT molecular complexity index is 932. The molecule has 0 saturated heterocycles. The number of ether oxygens (including phenoxy) is 2. The van der Waals surface area contributed by atoms with Gasteiger partial charge in [0.2, 0.25) is 0 Å². The molecule has 0 radical (unpaired) electrons. The highest BCUT2D eigenvalue weighted by Gasteiger charge is 2.17. The van der Waals surface area contributed by atoms with Gasteiger partial charge in [-0.3, -0.25) is 9.52 Å². The smallest absolute Gasteiger partial charge is 0.261 e. The first-order valence-corrected chi connectivity index (χ1v) is 11.1. The first-order valence-electron chi connectivity index (χ1n) is 9.22. The molecule has 29 heavy (non-hydrogen) atoms. The minimum absolute atomic E-state index is 0.0206. The van der Waals surface area contributed by atoms with Crippen LogP contribution in [0.4, 0.5) is 5.69 Å². The van der Waals surface area contributed by atoms with Gasteiger partial charge in [0.15, 0.2) is 6.61 Å². The molecular weight excluding hydrogens is 416 g/mol. The third-order valence-corrected chi connectivity index (χ3v) is 5.68. The number of nitrogens with one attached hydrogen (secondary N) is 2. The quantitative estimate of drug-likeness (QED) is 0.585. The highest BCUT2D eigenvalue weighted by molar-refractivity contribution is 7.92. The summed E-state index contributed by atoms with van der Waals surface area (Å²) >= 11 is 6.14. The molecule has 0 spiro atoms. The van der Waals surface area contributed by atoms with E-state index in [1.165, 1.54) is 18.2 Å². The predicted molar refractivity (Wildman–Crippen MR) is 113 cm³/mol. The average Bonchev–Trinajstić information content (AvgIpc) is 2.68. The van der Waals surface area contributed by atoms with E-state index >= 15 is 0 Å². The SMILES string of the molecule is CCOc1ccc(NS(=O)(=O)c2ccc(OCC(=O)N[C@H](C)CC)c(Cl)c2)cc1. The number of rotatable bonds is 10. The lowest BCUT2D eigenvalue weighted by atomic mass is 10.2. The Labute approximate surface area is 176 Å². The fraction of sp³-hybridized carbons (Fsp3) is 0.350. The Hall–Kier alpha value is -2.45. The molecular formula is C20H25ClN2O5S. The topological polar surface area (TPSA) is 93.7 Å². The standard InChI is InChI=1S/C20H25ClN2O5S/c1-4-14(3)22-20(24)13-28-19-11-10-17(12-18(19)21)29(25,26)23-15-6-8-16(9-7-15)27-5-2/h6-12,14,23H,4-5,13H2,1-3H3,(H,22,24)/t14-/m1/s1. The zero-order valence-corrected chi connectivity index (χ0v) is 18.1. The molecule has 0 saturated carbocycles. The highest BCUT2D eigenvalue weighted by Crippen LogP contribution is 2.28. The summed E-state index contributed by atoms with van der Waals surface area (Å²) in [6.07, 6.45) is 0.806. The van der Waals surface area contributed by atoms with Crippen LogP contribution in [0.5, 0.6) is 11.5 Å². The van der Waals surface area contributed by atoms with Gasteiger partial charge in [-0.15, -0.1) is 0 Å². The monoisotopic (exact) mass is 440 g/mol. The van der Waals surface area contributed by atoms with E-state index in [2.05, 4.69) is 10.0 Å². The van der Waals surface area contributed by atoms with Gasteiger partial charge in [0.1, 0.15) is 11.5 Å². The van der Waals surface area contributed by atoms with Crippen LogP contribution in [0.1, 0.15) is 27.2 Å². The van der Waals surface area contributed by atoms with Gasteiger partial charge >= 0.3 is 0 Å². The van der Waals surface area contributed by atoms with E-state index in [9.17, 15) is 13.2 Å². The maximum atomic E-state index is 12.6. The Morgan fingerprint density at radius 1 is 1.10 bits per heavy atom. The lowest BCUT2D eigenvalue weighted by molar-refractivity contribution is -0.123. The maximum absolute atomic E-state index is 12.6. The van der Waals surface area contributed by atoms with Gasteiger partial charge in [0.25, 0.3) is 15.9 Å². The lowest BCUT2D eigenvalue weighted by Crippen LogP contribution is -2.35. The second kappa shape index (κ2) is 10.4. The molecule has 0 aliphatic heterocycles. The summed E-state index contributed by atoms with van der Waals surface area (Å²) in [7, 11) is -3.84. The second-order valence-electron chi connectivity index (χ2n) is 6.32. The van der Waals surface area contributed by atoms with Crippen LogP contribution in [-0.2, 0) is 14.8 Å². The molecule has 0 bridgehead atoms. The molecule has 2 rings (SSSR count). The fourth-order valence-corrected chi connectivity index (χ4v) is 3.71. The van der Waals surface area contributed by atoms with Crippen LogP contribution < -0.4 is 19.5 Å². The van der Waals surface area contributed by atoms with Crippen molar-refractivity contribution >= 4 is 33.2 Å². The average molecular weight is 441 g/mol. The van der Waals surface area contributed by atoms with Gasteiger partial charge in [0, 0.05) is 11.7 Å². The molecule has 0 fully saturated rings. The Morgan fingerprint density at radius 3 is 2.38 bits per heavy atom. The van der Waals surface area contributed by atoms with E-state index in [0.29, 0.717) is 18.0 Å². The minimum Gasteiger partial charge on any atom is -0.494 e. The van der Waals surface area contributed by atoms with E-state index in [1.807, 2.05) is 20.8 Å². The van der Waals surface area contributed by atoms with E-state index in [-0.39, 0.29) is 34.2 Å². The zero-order chi connectivity index (χ0) is 21.4. The second-order valence-corrected chi connectivity index (χ2v) is 8.41. The predicted octanol–water partition coefficient (Wildman–Crippen LogP) is 3.83. The molecule has 9 heteroatoms. The largest absolute Gasteiger partial charge is 0.494 e. The molecule has 1 amide bonds. The number of sulfonamides is 1. The Kier molecular flexibility index (Phi) is 8.16. The van der Waals surface area contributed by atoms with E-state index < -0.39 is 10.0 Å². The molecule has 1 atom stereocenters. The highest BCUT2D eigenvalue weighted by atomic mass is 35.5. The van der Waals surface area contributed by atoms with Crippen molar-refractivity contribution in [2.75, 3.05) is 17.9 Å². The molecule has 0 heterocycles. The summed E-state index contributed by atoms with van der Waals surface area (Å²) in [6.45, 7) is 6.04. The summed E-state index contributed by atoms with van der Waals surface area (Å²) in [6, 6.07) is 10.7. The zero-order valence-electron chi connectivity index (χ0n) is 16.6. The number of benzene rings is 2. The van der Waals surface area contributed by atoms with E-state index in [1.54, 1.807) is 24.3 Å². The number of halogens is 1. The summed E-state index contributed by atoms with van der Waals surface area (Å²) in [5.74, 6) is 0.604. The van der Waals surface area contributed by atoms with Gasteiger partial charge in [-0.25, -0.2) is 8.42 Å². The van der Waals surface area contributed by atoms with Crippen molar-refractivity contribution in [1.82, 2.24) is 5.32 Å². The molecule has 7 nitrogen and oxygen atoms in total. The summed E-state index contributed by atoms with van der Waals surface area (Å²) in [4.78, 5) is 11.8. The van der Waals surface area contributed by atoms with Crippen LogP contribution in [0.15, 0.2) is 47.4 Å². The number of amides is 1. The van der Waals surface area contributed by atoms with Gasteiger partial charge in [-0.2, -0.15) is 0 Å². The molecule has 2 aromatic rings. The first kappa shape index (κ1) is 22.8. The molecule has 0 aromatic heterocycles. The van der Waals surface area contributed by atoms with E-state index in [0.717, 1.165) is 6.42 Å². The number of hydrogen-bond acceptors (Lipinski definition) is 5. The van der Waals surface area contributed by atoms with Crippen molar-refractivity contribution in [2.24, 2.45) is 0 Å². The summed E-state index contributed by atoms with van der Waals surface area (Å²) in [5, 5.41) is 2.87. The lowest BCUT2D eigenvalue weighted by Gasteiger charge is -2.13. The summed E-state index contributed by atoms with van der Waals surface area (Å²) in [5.41, 5.74) is 0.395. The normalized spacial score (nSPS) is 12.1. The number of carbonyl (C=O) groups is 1. The van der Waals surface area contributed by atoms with Crippen molar-refractivity contribution < 1.29 is 22.7 Å². The van der Waals surface area contributed by atoms with Crippen molar-refractivity contribution in [3.8, 4) is 11.5 Å². The van der Waals surface area contributed by atoms with Crippen LogP contribution in [0, 0.1) is 0 Å². The van der Waals surface area contributed by atoms with Crippen molar-refractivity contribution in [3.05, 3.63) is 47.5 Å². The number of hydrogen-bond donors (Lipinski definition) is 2. The molecule has 0 aliphatic carbocycles. The fourth-order valence-electron chi connectivity index (χ4n) is 2.33. The van der Waals surface area contributed by atoms with Crippen LogP contribution in [-0.4, -0.2) is 33.6 Å². The van der Waals surface area contributed by atoms with E-state index in [4.69, 9.17) is 21.1 Å². The first-order chi connectivity index (χ1) is 13.7. The van der Waals surface area contributed by atoms with Gasteiger partial charge < -0.3 is 14.8 Å². The molecule has 158 valence electrons. The van der Waals surface area contributed by atoms with Gasteiger partial charge in [-0.05, 0) is 62.7 Å².